The van der Waals surface area contributed by atoms with Crippen LogP contribution in [0.25, 0.3) is 10.9 Å². The lowest BCUT2D eigenvalue weighted by Crippen LogP contribution is -2.40. The number of pyridine rings is 1. The Morgan fingerprint density at radius 3 is 2.33 bits per heavy atom. The smallest absolute Gasteiger partial charge is 0.331 e. The summed E-state index contributed by atoms with van der Waals surface area (Å²) in [5.74, 6) is -1.25. The monoisotopic (exact) mass is 409 g/mol. The summed E-state index contributed by atoms with van der Waals surface area (Å²) in [6.45, 7) is 4.39. The molecule has 7 heteroatoms. The number of fused-ring (bicyclic) bond motifs is 2. The highest BCUT2D eigenvalue weighted by atomic mass is 19.2. The summed E-state index contributed by atoms with van der Waals surface area (Å²) in [6, 6.07) is 12.5. The average molecular weight is 409 g/mol. The predicted molar refractivity (Wildman–Crippen MR) is 111 cm³/mol. The van der Waals surface area contributed by atoms with Crippen LogP contribution in [0.1, 0.15) is 5.56 Å². The minimum absolute atomic E-state index is 0.231. The zero-order valence-corrected chi connectivity index (χ0v) is 16.5. The molecule has 3 aromatic rings. The standard InChI is InChI=1S/C23H21F2N3O2/c1-14-2-6-21-15(8-14)3-7-22(29)28(21)23(30)27-12-16-10-26(11-17(16)13-27)18-4-5-19(24)20(25)9-18/h2-9,16-17H,10-13H2,1H3. The molecule has 1 amide bonds. The normalized spacial score (nSPS) is 20.8. The van der Waals surface area contributed by atoms with Gasteiger partial charge in [0.15, 0.2) is 11.6 Å². The van der Waals surface area contributed by atoms with Gasteiger partial charge in [0.05, 0.1) is 5.52 Å². The molecule has 2 fully saturated rings. The van der Waals surface area contributed by atoms with Gasteiger partial charge >= 0.3 is 6.03 Å². The van der Waals surface area contributed by atoms with Gasteiger partial charge in [-0.15, -0.1) is 0 Å². The number of anilines is 1. The number of aromatic nitrogens is 1. The topological polar surface area (TPSA) is 45.6 Å². The summed E-state index contributed by atoms with van der Waals surface area (Å²) < 4.78 is 28.1. The van der Waals surface area contributed by atoms with Crippen LogP contribution in [0.5, 0.6) is 0 Å². The van der Waals surface area contributed by atoms with Crippen LogP contribution >= 0.6 is 0 Å². The molecule has 5 rings (SSSR count). The van der Waals surface area contributed by atoms with Crippen molar-refractivity contribution in [2.24, 2.45) is 11.8 Å². The van der Waals surface area contributed by atoms with Crippen LogP contribution in [0.15, 0.2) is 53.3 Å². The van der Waals surface area contributed by atoms with E-state index < -0.39 is 11.6 Å². The number of hydrogen-bond acceptors (Lipinski definition) is 3. The minimum atomic E-state index is -0.856. The predicted octanol–water partition coefficient (Wildman–Crippen LogP) is 3.62. The Balaban J connectivity index is 1.36. The Morgan fingerprint density at radius 2 is 1.63 bits per heavy atom. The first-order valence-corrected chi connectivity index (χ1v) is 10.0. The first-order valence-electron chi connectivity index (χ1n) is 10.0. The van der Waals surface area contributed by atoms with Crippen LogP contribution < -0.4 is 10.5 Å². The van der Waals surface area contributed by atoms with Crippen LogP contribution in [0.4, 0.5) is 19.3 Å². The van der Waals surface area contributed by atoms with Crippen molar-refractivity contribution in [2.45, 2.75) is 6.92 Å². The molecule has 2 atom stereocenters. The van der Waals surface area contributed by atoms with Crippen LogP contribution in [-0.2, 0) is 0 Å². The first-order chi connectivity index (χ1) is 14.4. The molecule has 2 unspecified atom stereocenters. The molecular weight excluding hydrogens is 388 g/mol. The van der Waals surface area contributed by atoms with Gasteiger partial charge in [-0.3, -0.25) is 4.79 Å². The van der Waals surface area contributed by atoms with Crippen molar-refractivity contribution in [1.82, 2.24) is 9.47 Å². The molecule has 2 aliphatic rings. The molecule has 2 saturated heterocycles. The van der Waals surface area contributed by atoms with Gasteiger partial charge < -0.3 is 9.80 Å². The van der Waals surface area contributed by atoms with E-state index in [0.717, 1.165) is 17.0 Å². The lowest BCUT2D eigenvalue weighted by Gasteiger charge is -2.24. The number of benzene rings is 2. The van der Waals surface area contributed by atoms with E-state index in [-0.39, 0.29) is 23.4 Å². The number of aryl methyl sites for hydroxylation is 1. The van der Waals surface area contributed by atoms with E-state index in [9.17, 15) is 18.4 Å². The fourth-order valence-electron chi connectivity index (χ4n) is 4.75. The van der Waals surface area contributed by atoms with Gasteiger partial charge in [0.2, 0.25) is 0 Å². The molecule has 0 spiro atoms. The second kappa shape index (κ2) is 6.93. The Labute approximate surface area is 172 Å². The van der Waals surface area contributed by atoms with Crippen molar-refractivity contribution >= 4 is 22.6 Å². The number of hydrogen-bond donors (Lipinski definition) is 0. The summed E-state index contributed by atoms with van der Waals surface area (Å²) in [4.78, 5) is 29.5. The molecular formula is C23H21F2N3O2. The molecule has 1 aromatic heterocycles. The van der Waals surface area contributed by atoms with Gasteiger partial charge in [0, 0.05) is 55.8 Å². The number of halogens is 2. The van der Waals surface area contributed by atoms with E-state index in [1.165, 1.54) is 16.7 Å². The SMILES string of the molecule is Cc1ccc2c(ccc(=O)n2C(=O)N2CC3CN(c4ccc(F)c(F)c4)CC3C2)c1. The Morgan fingerprint density at radius 1 is 0.900 bits per heavy atom. The van der Waals surface area contributed by atoms with Crippen molar-refractivity contribution in [3.63, 3.8) is 0 Å². The summed E-state index contributed by atoms with van der Waals surface area (Å²) in [6.07, 6.45) is 0. The molecule has 30 heavy (non-hydrogen) atoms. The van der Waals surface area contributed by atoms with Crippen LogP contribution in [0.3, 0.4) is 0 Å². The third-order valence-corrected chi connectivity index (χ3v) is 6.27. The number of rotatable bonds is 1. The third kappa shape index (κ3) is 3.05. The Kier molecular flexibility index (Phi) is 4.34. The molecule has 2 aromatic carbocycles. The van der Waals surface area contributed by atoms with E-state index in [1.54, 1.807) is 17.0 Å². The van der Waals surface area contributed by atoms with E-state index in [1.807, 2.05) is 30.0 Å². The second-order valence-corrected chi connectivity index (χ2v) is 8.28. The molecule has 0 N–H and O–H groups in total. The first kappa shape index (κ1) is 18.8. The van der Waals surface area contributed by atoms with Gasteiger partial charge in [-0.05, 0) is 42.6 Å². The maximum absolute atomic E-state index is 13.6. The highest BCUT2D eigenvalue weighted by Crippen LogP contribution is 2.34. The lowest BCUT2D eigenvalue weighted by molar-refractivity contribution is 0.207. The molecule has 0 bridgehead atoms. The van der Waals surface area contributed by atoms with Crippen molar-refractivity contribution in [3.8, 4) is 0 Å². The maximum atomic E-state index is 13.6. The molecule has 0 aliphatic carbocycles. The molecule has 0 radical (unpaired) electrons. The van der Waals surface area contributed by atoms with Gasteiger partial charge in [0.25, 0.3) is 5.56 Å². The van der Waals surface area contributed by atoms with E-state index >= 15 is 0 Å². The largest absolute Gasteiger partial charge is 0.371 e. The van der Waals surface area contributed by atoms with Gasteiger partial charge in [-0.2, -0.15) is 0 Å². The summed E-state index contributed by atoms with van der Waals surface area (Å²) >= 11 is 0. The highest BCUT2D eigenvalue weighted by Gasteiger charge is 2.42. The second-order valence-electron chi connectivity index (χ2n) is 8.28. The van der Waals surface area contributed by atoms with Crippen LogP contribution in [0.2, 0.25) is 0 Å². The number of carbonyl (C=O) groups excluding carboxylic acids is 1. The zero-order chi connectivity index (χ0) is 21.0. The number of amides is 1. The number of nitrogens with zero attached hydrogens (tertiary/aromatic N) is 3. The van der Waals surface area contributed by atoms with Crippen LogP contribution in [-0.4, -0.2) is 41.7 Å². The zero-order valence-electron chi connectivity index (χ0n) is 16.5. The maximum Gasteiger partial charge on any atom is 0.331 e. The Bertz CT molecular complexity index is 1210. The summed E-state index contributed by atoms with van der Waals surface area (Å²) in [5.41, 5.74) is 1.99. The van der Waals surface area contributed by atoms with Gasteiger partial charge in [-0.25, -0.2) is 18.1 Å². The molecule has 154 valence electrons. The quantitative estimate of drug-likeness (QED) is 0.617. The fourth-order valence-corrected chi connectivity index (χ4v) is 4.75. The fraction of sp³-hybridized carbons (Fsp3) is 0.304. The van der Waals surface area contributed by atoms with Crippen molar-refractivity contribution in [2.75, 3.05) is 31.1 Å². The van der Waals surface area contributed by atoms with Gasteiger partial charge in [-0.1, -0.05) is 11.6 Å². The number of likely N-dealkylation sites (tertiary alicyclic amines) is 1. The molecule has 0 saturated carbocycles. The van der Waals surface area contributed by atoms with E-state index in [2.05, 4.69) is 0 Å². The molecule has 3 heterocycles. The highest BCUT2D eigenvalue weighted by molar-refractivity contribution is 5.90. The van der Waals surface area contributed by atoms with Gasteiger partial charge in [0.1, 0.15) is 0 Å². The van der Waals surface area contributed by atoms with Crippen molar-refractivity contribution < 1.29 is 13.6 Å². The lowest BCUT2D eigenvalue weighted by atomic mass is 10.0. The molecule has 2 aliphatic heterocycles. The van der Waals surface area contributed by atoms with Crippen molar-refractivity contribution in [1.29, 1.82) is 0 Å². The Hall–Kier alpha value is -3.22. The average Bonchev–Trinajstić information content (AvgIpc) is 3.29. The van der Waals surface area contributed by atoms with E-state index in [4.69, 9.17) is 0 Å². The van der Waals surface area contributed by atoms with E-state index in [0.29, 0.717) is 37.4 Å². The summed E-state index contributed by atoms with van der Waals surface area (Å²) in [7, 11) is 0. The summed E-state index contributed by atoms with van der Waals surface area (Å²) in [5, 5.41) is 0.854. The van der Waals surface area contributed by atoms with Crippen molar-refractivity contribution in [3.05, 3.63) is 76.1 Å². The third-order valence-electron chi connectivity index (χ3n) is 6.27. The number of carbonyl (C=O) groups is 1. The molecule has 5 nitrogen and oxygen atoms in total. The van der Waals surface area contributed by atoms with Crippen LogP contribution in [0, 0.1) is 30.4 Å². The minimum Gasteiger partial charge on any atom is -0.371 e.